The Bertz CT molecular complexity index is 460. The molecule has 0 aliphatic heterocycles. The Balaban J connectivity index is 0.00000200. The largest absolute Gasteiger partial charge is 0.489 e. The van der Waals surface area contributed by atoms with Crippen LogP contribution in [0.2, 0.25) is 0 Å². The van der Waals surface area contributed by atoms with Crippen molar-refractivity contribution in [2.45, 2.75) is 38.8 Å². The lowest BCUT2D eigenvalue weighted by molar-refractivity contribution is 0.229. The molecule has 1 aromatic rings. The van der Waals surface area contributed by atoms with Gasteiger partial charge in [0.25, 0.3) is 0 Å². The molecule has 1 atom stereocenters. The van der Waals surface area contributed by atoms with Gasteiger partial charge in [-0.05, 0) is 44.4 Å². The predicted molar refractivity (Wildman–Crippen MR) is 94.0 cm³/mol. The average molecular weight is 389 g/mol. The number of benzene rings is 1. The van der Waals surface area contributed by atoms with Gasteiger partial charge in [-0.3, -0.25) is 0 Å². The summed E-state index contributed by atoms with van der Waals surface area (Å²) in [4.78, 5) is 6.45. The molecule has 0 amide bonds. The van der Waals surface area contributed by atoms with E-state index in [0.717, 1.165) is 5.75 Å². The van der Waals surface area contributed by atoms with Crippen LogP contribution in [0, 0.1) is 6.92 Å². The highest BCUT2D eigenvalue weighted by Gasteiger charge is 2.27. The SMILES string of the molecule is Cc1cccc(OC(C)CN=C(N)N(C)C2CC2)c1.I. The molecule has 2 N–H and O–H groups in total. The second kappa shape index (κ2) is 7.71. The summed E-state index contributed by atoms with van der Waals surface area (Å²) in [5, 5.41) is 0. The monoisotopic (exact) mass is 389 g/mol. The first-order valence-corrected chi connectivity index (χ1v) is 6.82. The molecule has 1 saturated carbocycles. The van der Waals surface area contributed by atoms with E-state index in [1.807, 2.05) is 32.2 Å². The molecular weight excluding hydrogens is 365 g/mol. The standard InChI is InChI=1S/C15H23N3O.HI/c1-11-5-4-6-14(9-11)19-12(2)10-17-15(16)18(3)13-7-8-13;/h4-6,9,12-13H,7-8,10H2,1-3H3,(H2,16,17);1H. The summed E-state index contributed by atoms with van der Waals surface area (Å²) in [5.74, 6) is 1.50. The van der Waals surface area contributed by atoms with Crippen molar-refractivity contribution in [1.82, 2.24) is 4.90 Å². The minimum atomic E-state index is 0. The summed E-state index contributed by atoms with van der Waals surface area (Å²) < 4.78 is 5.82. The molecule has 1 unspecified atom stereocenters. The molecule has 0 aromatic heterocycles. The number of nitrogens with two attached hydrogens (primary N) is 1. The van der Waals surface area contributed by atoms with E-state index in [-0.39, 0.29) is 30.1 Å². The molecule has 0 spiro atoms. The van der Waals surface area contributed by atoms with Gasteiger partial charge in [0.05, 0.1) is 6.54 Å². The van der Waals surface area contributed by atoms with Gasteiger partial charge in [0.1, 0.15) is 11.9 Å². The van der Waals surface area contributed by atoms with Gasteiger partial charge in [-0.2, -0.15) is 0 Å². The first-order valence-electron chi connectivity index (χ1n) is 6.82. The average Bonchev–Trinajstić information content (AvgIpc) is 3.19. The Morgan fingerprint density at radius 1 is 1.50 bits per heavy atom. The van der Waals surface area contributed by atoms with Crippen molar-refractivity contribution in [2.75, 3.05) is 13.6 Å². The zero-order valence-electron chi connectivity index (χ0n) is 12.4. The second-order valence-electron chi connectivity index (χ2n) is 5.29. The van der Waals surface area contributed by atoms with Crippen LogP contribution < -0.4 is 10.5 Å². The molecule has 4 nitrogen and oxygen atoms in total. The maximum Gasteiger partial charge on any atom is 0.191 e. The number of aliphatic imine (C=N–C) groups is 1. The van der Waals surface area contributed by atoms with Gasteiger partial charge in [0.2, 0.25) is 0 Å². The van der Waals surface area contributed by atoms with Crippen LogP contribution in [0.15, 0.2) is 29.3 Å². The number of aryl methyl sites for hydroxylation is 1. The Morgan fingerprint density at radius 2 is 2.20 bits per heavy atom. The number of halogens is 1. The van der Waals surface area contributed by atoms with Gasteiger partial charge in [0.15, 0.2) is 5.96 Å². The van der Waals surface area contributed by atoms with Gasteiger partial charge in [-0.1, -0.05) is 12.1 Å². The van der Waals surface area contributed by atoms with Crippen LogP contribution in [0.4, 0.5) is 0 Å². The summed E-state index contributed by atoms with van der Waals surface area (Å²) in [6, 6.07) is 8.64. The van der Waals surface area contributed by atoms with Crippen molar-refractivity contribution in [2.24, 2.45) is 10.7 Å². The normalized spacial score (nSPS) is 16.2. The van der Waals surface area contributed by atoms with Crippen LogP contribution in [-0.4, -0.2) is 36.6 Å². The summed E-state index contributed by atoms with van der Waals surface area (Å²) in [7, 11) is 2.00. The Kier molecular flexibility index (Phi) is 6.58. The molecule has 0 bridgehead atoms. The number of guanidine groups is 1. The van der Waals surface area contributed by atoms with E-state index >= 15 is 0 Å². The first kappa shape index (κ1) is 17.1. The predicted octanol–water partition coefficient (Wildman–Crippen LogP) is 2.79. The first-order chi connectivity index (χ1) is 9.06. The molecule has 1 aliphatic rings. The molecular formula is C15H24IN3O. The van der Waals surface area contributed by atoms with Crippen molar-refractivity contribution in [3.05, 3.63) is 29.8 Å². The number of hydrogen-bond donors (Lipinski definition) is 1. The molecule has 20 heavy (non-hydrogen) atoms. The van der Waals surface area contributed by atoms with Gasteiger partial charge >= 0.3 is 0 Å². The fraction of sp³-hybridized carbons (Fsp3) is 0.533. The minimum Gasteiger partial charge on any atom is -0.489 e. The van der Waals surface area contributed by atoms with E-state index in [0.29, 0.717) is 18.5 Å². The summed E-state index contributed by atoms with van der Waals surface area (Å²) >= 11 is 0. The molecule has 112 valence electrons. The zero-order chi connectivity index (χ0) is 13.8. The highest BCUT2D eigenvalue weighted by atomic mass is 127. The summed E-state index contributed by atoms with van der Waals surface area (Å²) in [6.07, 6.45) is 2.47. The van der Waals surface area contributed by atoms with E-state index in [4.69, 9.17) is 10.5 Å². The Morgan fingerprint density at radius 3 is 2.80 bits per heavy atom. The Hall–Kier alpha value is -0.980. The molecule has 5 heteroatoms. The highest BCUT2D eigenvalue weighted by molar-refractivity contribution is 14.0. The summed E-state index contributed by atoms with van der Waals surface area (Å²) in [6.45, 7) is 4.64. The zero-order valence-corrected chi connectivity index (χ0v) is 14.7. The minimum absolute atomic E-state index is 0. The van der Waals surface area contributed by atoms with Crippen LogP contribution in [0.25, 0.3) is 0 Å². The lowest BCUT2D eigenvalue weighted by Crippen LogP contribution is -2.36. The van der Waals surface area contributed by atoms with E-state index in [1.54, 1.807) is 0 Å². The third kappa shape index (κ3) is 5.19. The van der Waals surface area contributed by atoms with E-state index in [1.165, 1.54) is 18.4 Å². The van der Waals surface area contributed by atoms with Crippen molar-refractivity contribution in [3.8, 4) is 5.75 Å². The molecule has 2 rings (SSSR count). The fourth-order valence-corrected chi connectivity index (χ4v) is 1.94. The van der Waals surface area contributed by atoms with Gasteiger partial charge < -0.3 is 15.4 Å². The van der Waals surface area contributed by atoms with E-state index in [2.05, 4.69) is 22.9 Å². The van der Waals surface area contributed by atoms with Crippen LogP contribution in [0.1, 0.15) is 25.3 Å². The summed E-state index contributed by atoms with van der Waals surface area (Å²) in [5.41, 5.74) is 7.14. The van der Waals surface area contributed by atoms with Crippen LogP contribution in [0.5, 0.6) is 5.75 Å². The molecule has 1 fully saturated rings. The van der Waals surface area contributed by atoms with Crippen LogP contribution >= 0.6 is 24.0 Å². The maximum atomic E-state index is 5.94. The van der Waals surface area contributed by atoms with Crippen molar-refractivity contribution in [1.29, 1.82) is 0 Å². The quantitative estimate of drug-likeness (QED) is 0.479. The van der Waals surface area contributed by atoms with Gasteiger partial charge in [-0.25, -0.2) is 4.99 Å². The topological polar surface area (TPSA) is 50.9 Å². The molecule has 1 aliphatic carbocycles. The fourth-order valence-electron chi connectivity index (χ4n) is 1.94. The smallest absolute Gasteiger partial charge is 0.191 e. The number of ether oxygens (including phenoxy) is 1. The maximum absolute atomic E-state index is 5.94. The number of rotatable bonds is 5. The third-order valence-electron chi connectivity index (χ3n) is 3.29. The number of nitrogens with zero attached hydrogens (tertiary/aromatic N) is 2. The highest BCUT2D eigenvalue weighted by Crippen LogP contribution is 2.24. The van der Waals surface area contributed by atoms with E-state index in [9.17, 15) is 0 Å². The Labute approximate surface area is 138 Å². The van der Waals surface area contributed by atoms with Gasteiger partial charge in [-0.15, -0.1) is 24.0 Å². The van der Waals surface area contributed by atoms with Gasteiger partial charge in [0, 0.05) is 13.1 Å². The molecule has 0 saturated heterocycles. The van der Waals surface area contributed by atoms with E-state index < -0.39 is 0 Å². The number of hydrogen-bond acceptors (Lipinski definition) is 2. The van der Waals surface area contributed by atoms with Crippen molar-refractivity contribution in [3.63, 3.8) is 0 Å². The molecule has 0 heterocycles. The lowest BCUT2D eigenvalue weighted by atomic mass is 10.2. The van der Waals surface area contributed by atoms with Crippen molar-refractivity contribution < 1.29 is 4.74 Å². The molecule has 1 aromatic carbocycles. The second-order valence-corrected chi connectivity index (χ2v) is 5.29. The van der Waals surface area contributed by atoms with Crippen molar-refractivity contribution >= 4 is 29.9 Å². The third-order valence-corrected chi connectivity index (χ3v) is 3.29. The van der Waals surface area contributed by atoms with Crippen LogP contribution in [-0.2, 0) is 0 Å². The lowest BCUT2D eigenvalue weighted by Gasteiger charge is -2.18. The van der Waals surface area contributed by atoms with Crippen LogP contribution in [0.3, 0.4) is 0 Å². The molecule has 0 radical (unpaired) electrons.